The minimum atomic E-state index is -0.122. The highest BCUT2D eigenvalue weighted by molar-refractivity contribution is 6.35. The van der Waals surface area contributed by atoms with E-state index in [0.717, 1.165) is 17.0 Å². The Morgan fingerprint density at radius 3 is 2.57 bits per heavy atom. The molecule has 1 aromatic rings. The van der Waals surface area contributed by atoms with Crippen LogP contribution >= 0.6 is 34.8 Å². The highest BCUT2D eigenvalue weighted by atomic mass is 35.5. The first-order chi connectivity index (χ1) is 13.4. The van der Waals surface area contributed by atoms with Gasteiger partial charge in [-0.2, -0.15) is 0 Å². The van der Waals surface area contributed by atoms with Crippen LogP contribution in [0.4, 0.5) is 0 Å². The fraction of sp³-hybridized carbons (Fsp3) is 0.348. The Hall–Kier alpha value is -1.48. The molecule has 0 bridgehead atoms. The summed E-state index contributed by atoms with van der Waals surface area (Å²) in [7, 11) is 0. The Balaban J connectivity index is 1.87. The zero-order valence-corrected chi connectivity index (χ0v) is 18.0. The molecule has 1 saturated heterocycles. The number of carbonyl (C=O) groups excluding carboxylic acids is 1. The number of carbonyl (C=O) groups is 1. The largest absolute Gasteiger partial charge is 0.353 e. The van der Waals surface area contributed by atoms with Crippen LogP contribution in [-0.4, -0.2) is 11.9 Å². The van der Waals surface area contributed by atoms with Gasteiger partial charge in [-0.3, -0.25) is 4.79 Å². The van der Waals surface area contributed by atoms with Gasteiger partial charge in [0.25, 0.3) is 0 Å². The van der Waals surface area contributed by atoms with Crippen LogP contribution in [0.25, 0.3) is 0 Å². The average molecular weight is 435 g/mol. The second-order valence-electron chi connectivity index (χ2n) is 7.86. The Morgan fingerprint density at radius 1 is 1.07 bits per heavy atom. The molecule has 1 amide bonds. The van der Waals surface area contributed by atoms with Crippen molar-refractivity contribution in [3.05, 3.63) is 80.4 Å². The summed E-state index contributed by atoms with van der Waals surface area (Å²) in [5.41, 5.74) is 3.55. The molecule has 0 unspecified atom stereocenters. The van der Waals surface area contributed by atoms with Crippen LogP contribution in [-0.2, 0) is 4.79 Å². The summed E-state index contributed by atoms with van der Waals surface area (Å²) in [5, 5.41) is 5.15. The molecule has 1 N–H and O–H groups in total. The van der Waals surface area contributed by atoms with Crippen molar-refractivity contribution in [2.24, 2.45) is 17.8 Å². The molecule has 5 atom stereocenters. The molecule has 1 heterocycles. The first kappa shape index (κ1) is 19.8. The molecular formula is C23H22Cl3NO. The number of halogens is 3. The maximum atomic E-state index is 12.5. The third-order valence-corrected chi connectivity index (χ3v) is 7.03. The summed E-state index contributed by atoms with van der Waals surface area (Å²) in [6.07, 6.45) is 11.1. The minimum absolute atomic E-state index is 0.0626. The number of hydrogen-bond donors (Lipinski definition) is 1. The lowest BCUT2D eigenvalue weighted by molar-refractivity contribution is -0.122. The van der Waals surface area contributed by atoms with Gasteiger partial charge in [-0.05, 0) is 49.6 Å². The van der Waals surface area contributed by atoms with Crippen LogP contribution < -0.4 is 5.32 Å². The van der Waals surface area contributed by atoms with E-state index in [1.165, 1.54) is 11.1 Å². The van der Waals surface area contributed by atoms with Crippen LogP contribution in [0.2, 0.25) is 10.0 Å². The zero-order valence-electron chi connectivity index (χ0n) is 15.8. The lowest BCUT2D eigenvalue weighted by atomic mass is 9.64. The molecule has 1 aliphatic heterocycles. The number of rotatable bonds is 2. The van der Waals surface area contributed by atoms with E-state index in [-0.39, 0.29) is 35.6 Å². The van der Waals surface area contributed by atoms with Crippen molar-refractivity contribution in [1.29, 1.82) is 0 Å². The first-order valence-corrected chi connectivity index (χ1v) is 10.7. The molecular weight excluding hydrogens is 413 g/mol. The highest BCUT2D eigenvalue weighted by Gasteiger charge is 2.49. The molecule has 1 aromatic carbocycles. The summed E-state index contributed by atoms with van der Waals surface area (Å²) < 4.78 is 0. The van der Waals surface area contributed by atoms with Crippen molar-refractivity contribution >= 4 is 40.7 Å². The molecule has 0 saturated carbocycles. The molecule has 3 aliphatic rings. The van der Waals surface area contributed by atoms with Gasteiger partial charge in [-0.1, -0.05) is 70.7 Å². The van der Waals surface area contributed by atoms with Crippen molar-refractivity contribution in [3.63, 3.8) is 0 Å². The first-order valence-electron chi connectivity index (χ1n) is 9.54. The van der Waals surface area contributed by atoms with E-state index in [9.17, 15) is 4.79 Å². The van der Waals surface area contributed by atoms with Crippen LogP contribution in [0.15, 0.2) is 64.8 Å². The Bertz CT molecular complexity index is 943. The van der Waals surface area contributed by atoms with Crippen LogP contribution in [0.5, 0.6) is 0 Å². The highest BCUT2D eigenvalue weighted by Crippen LogP contribution is 2.50. The van der Waals surface area contributed by atoms with E-state index in [1.54, 1.807) is 6.07 Å². The molecule has 0 spiro atoms. The van der Waals surface area contributed by atoms with Gasteiger partial charge in [0.05, 0.1) is 5.92 Å². The normalized spacial score (nSPS) is 32.1. The second-order valence-corrected chi connectivity index (χ2v) is 9.14. The molecule has 1 fully saturated rings. The summed E-state index contributed by atoms with van der Waals surface area (Å²) in [5.74, 6) is 0.317. The van der Waals surface area contributed by atoms with E-state index in [0.29, 0.717) is 10.0 Å². The van der Waals surface area contributed by atoms with Crippen LogP contribution in [0.3, 0.4) is 0 Å². The van der Waals surface area contributed by atoms with E-state index in [2.05, 4.69) is 37.4 Å². The van der Waals surface area contributed by atoms with E-state index in [4.69, 9.17) is 34.8 Å². The van der Waals surface area contributed by atoms with E-state index < -0.39 is 0 Å². The standard InChI is InChI=1S/C23H22Cl3NO/c1-12-3-4-14(24)5-7-16(12)22-18(17-8-6-15(25)11-20(17)26)9-10-19-21(22)13(2)27-23(19)28/h4-11,13,18-19,21-22H,3H2,1-2H3,(H,27,28)/t13-,18+,19+,21-,22+/m1/s1. The molecule has 5 heteroatoms. The van der Waals surface area contributed by atoms with Gasteiger partial charge >= 0.3 is 0 Å². The third-order valence-electron chi connectivity index (χ3n) is 6.19. The number of fused-ring (bicyclic) bond motifs is 1. The Kier molecular flexibility index (Phi) is 5.48. The number of hydrogen-bond acceptors (Lipinski definition) is 1. The topological polar surface area (TPSA) is 29.1 Å². The molecule has 4 rings (SSSR count). The van der Waals surface area contributed by atoms with E-state index >= 15 is 0 Å². The lowest BCUT2D eigenvalue weighted by Crippen LogP contribution is -2.36. The fourth-order valence-electron chi connectivity index (χ4n) is 4.86. The van der Waals surface area contributed by atoms with Gasteiger partial charge in [-0.25, -0.2) is 0 Å². The predicted octanol–water partition coefficient (Wildman–Crippen LogP) is 6.41. The predicted molar refractivity (Wildman–Crippen MR) is 117 cm³/mol. The van der Waals surface area contributed by atoms with Crippen molar-refractivity contribution in [3.8, 4) is 0 Å². The number of amides is 1. The third kappa shape index (κ3) is 3.47. The number of nitrogens with one attached hydrogen (secondary N) is 1. The van der Waals surface area contributed by atoms with Gasteiger partial charge in [0.15, 0.2) is 0 Å². The molecule has 2 aliphatic carbocycles. The molecule has 146 valence electrons. The van der Waals surface area contributed by atoms with Crippen LogP contribution in [0, 0.1) is 17.8 Å². The average Bonchev–Trinajstić information content (AvgIpc) is 2.83. The SMILES string of the molecule is CC1=C([C@@H]2[C@H]3[C@H](C=C[C@H]2c2ccc(Cl)cc2Cl)C(=O)N[C@@H]3C)C=CC(Cl)=CC1. The van der Waals surface area contributed by atoms with Crippen LogP contribution in [0.1, 0.15) is 31.7 Å². The molecule has 0 aromatic heterocycles. The monoisotopic (exact) mass is 433 g/mol. The maximum Gasteiger partial charge on any atom is 0.227 e. The second kappa shape index (κ2) is 7.74. The van der Waals surface area contributed by atoms with Gasteiger partial charge < -0.3 is 5.32 Å². The number of allylic oxidation sites excluding steroid dienone is 7. The Labute approximate surface area is 180 Å². The van der Waals surface area contributed by atoms with Crippen molar-refractivity contribution in [1.82, 2.24) is 5.32 Å². The zero-order chi connectivity index (χ0) is 20.0. The molecule has 0 radical (unpaired) electrons. The van der Waals surface area contributed by atoms with Gasteiger partial charge in [-0.15, -0.1) is 0 Å². The van der Waals surface area contributed by atoms with Crippen molar-refractivity contribution in [2.45, 2.75) is 32.2 Å². The molecule has 2 nitrogen and oxygen atoms in total. The van der Waals surface area contributed by atoms with Gasteiger partial charge in [0.2, 0.25) is 5.91 Å². The number of benzene rings is 1. The molecule has 28 heavy (non-hydrogen) atoms. The quantitative estimate of drug-likeness (QED) is 0.535. The summed E-state index contributed by atoms with van der Waals surface area (Å²) in [6.45, 7) is 4.24. The summed E-state index contributed by atoms with van der Waals surface area (Å²) in [6, 6.07) is 5.76. The van der Waals surface area contributed by atoms with Gasteiger partial charge in [0.1, 0.15) is 0 Å². The van der Waals surface area contributed by atoms with Crippen molar-refractivity contribution < 1.29 is 4.79 Å². The fourth-order valence-corrected chi connectivity index (χ4v) is 5.54. The van der Waals surface area contributed by atoms with E-state index in [1.807, 2.05) is 24.3 Å². The maximum absolute atomic E-state index is 12.5. The van der Waals surface area contributed by atoms with Gasteiger partial charge in [0, 0.05) is 38.9 Å². The minimum Gasteiger partial charge on any atom is -0.353 e. The summed E-state index contributed by atoms with van der Waals surface area (Å²) >= 11 is 19.0. The van der Waals surface area contributed by atoms with Crippen molar-refractivity contribution in [2.75, 3.05) is 0 Å². The Morgan fingerprint density at radius 2 is 1.82 bits per heavy atom. The lowest BCUT2D eigenvalue weighted by Gasteiger charge is -2.39. The summed E-state index contributed by atoms with van der Waals surface area (Å²) in [4.78, 5) is 12.5. The smallest absolute Gasteiger partial charge is 0.227 e.